The maximum atomic E-state index is 12.7. The van der Waals surface area contributed by atoms with Gasteiger partial charge in [-0.15, -0.1) is 0 Å². The van der Waals surface area contributed by atoms with Crippen LogP contribution in [-0.4, -0.2) is 58.3 Å². The molecule has 1 saturated heterocycles. The van der Waals surface area contributed by atoms with E-state index in [4.69, 9.17) is 0 Å². The number of esters is 1. The number of hydrogen-bond donors (Lipinski definition) is 0. The molecule has 0 aliphatic carbocycles. The van der Waals surface area contributed by atoms with Crippen LogP contribution < -0.4 is 0 Å². The predicted molar refractivity (Wildman–Crippen MR) is 98.2 cm³/mol. The second kappa shape index (κ2) is 8.06. The molecule has 0 bridgehead atoms. The van der Waals surface area contributed by atoms with Gasteiger partial charge in [-0.05, 0) is 43.0 Å². The monoisotopic (exact) mass is 403 g/mol. The molecule has 1 heterocycles. The zero-order chi connectivity index (χ0) is 19.5. The molecule has 1 fully saturated rings. The van der Waals surface area contributed by atoms with Gasteiger partial charge in [-0.3, -0.25) is 0 Å². The van der Waals surface area contributed by atoms with Crippen LogP contribution in [0.1, 0.15) is 37.0 Å². The molecule has 0 radical (unpaired) electrons. The lowest BCUT2D eigenvalue weighted by atomic mass is 10.2. The third-order valence-electron chi connectivity index (χ3n) is 4.39. The zero-order valence-electron chi connectivity index (χ0n) is 15.2. The molecular formula is C17H25NO6S2. The number of ether oxygens (including phenoxy) is 1. The Morgan fingerprint density at radius 3 is 2.12 bits per heavy atom. The number of methoxy groups -OCH3 is 1. The number of carbonyl (C=O) groups is 1. The summed E-state index contributed by atoms with van der Waals surface area (Å²) >= 11 is 0. The lowest BCUT2D eigenvalue weighted by molar-refractivity contribution is 0.0600. The van der Waals surface area contributed by atoms with E-state index in [1.165, 1.54) is 35.7 Å². The van der Waals surface area contributed by atoms with E-state index in [2.05, 4.69) is 4.74 Å². The first-order valence-electron chi connectivity index (χ1n) is 8.48. The highest BCUT2D eigenvalue weighted by atomic mass is 32.2. The van der Waals surface area contributed by atoms with Gasteiger partial charge in [-0.2, -0.15) is 4.31 Å². The average molecular weight is 404 g/mol. The first kappa shape index (κ1) is 20.9. The van der Waals surface area contributed by atoms with Crippen LogP contribution in [0.25, 0.3) is 0 Å². The number of rotatable bonds is 6. The summed E-state index contributed by atoms with van der Waals surface area (Å²) in [6.45, 7) is 4.05. The van der Waals surface area contributed by atoms with Crippen LogP contribution in [-0.2, 0) is 24.6 Å². The van der Waals surface area contributed by atoms with Crippen LogP contribution in [0.2, 0.25) is 0 Å². The van der Waals surface area contributed by atoms with Crippen molar-refractivity contribution in [2.75, 3.05) is 26.0 Å². The number of nitrogens with zero attached hydrogens (tertiary/aromatic N) is 1. The third kappa shape index (κ3) is 4.63. The fraction of sp³-hybridized carbons (Fsp3) is 0.588. The van der Waals surface area contributed by atoms with Gasteiger partial charge in [-0.25, -0.2) is 21.6 Å². The Kier molecular flexibility index (Phi) is 6.46. The summed E-state index contributed by atoms with van der Waals surface area (Å²) in [6, 6.07) is 5.53. The molecule has 146 valence electrons. The molecule has 1 aliphatic rings. The zero-order valence-corrected chi connectivity index (χ0v) is 16.8. The average Bonchev–Trinajstić information content (AvgIpc) is 2.60. The van der Waals surface area contributed by atoms with Crippen molar-refractivity contribution in [2.24, 2.45) is 5.92 Å². The summed E-state index contributed by atoms with van der Waals surface area (Å²) in [5, 5.41) is -0.488. The molecule has 0 amide bonds. The maximum Gasteiger partial charge on any atom is 0.337 e. The molecule has 1 aromatic rings. The highest BCUT2D eigenvalue weighted by Gasteiger charge is 2.35. The van der Waals surface area contributed by atoms with Crippen LogP contribution in [0.5, 0.6) is 0 Å². The second-order valence-corrected chi connectivity index (χ2v) is 11.1. The van der Waals surface area contributed by atoms with Crippen LogP contribution in [0.4, 0.5) is 0 Å². The molecule has 2 rings (SSSR count). The van der Waals surface area contributed by atoms with Gasteiger partial charge in [0.2, 0.25) is 10.0 Å². The van der Waals surface area contributed by atoms with Crippen molar-refractivity contribution in [3.05, 3.63) is 29.8 Å². The topological polar surface area (TPSA) is 97.8 Å². The summed E-state index contributed by atoms with van der Waals surface area (Å²) in [5.41, 5.74) is 0.268. The Morgan fingerprint density at radius 1 is 1.12 bits per heavy atom. The first-order valence-corrected chi connectivity index (χ1v) is 11.6. The fourth-order valence-corrected chi connectivity index (χ4v) is 6.66. The van der Waals surface area contributed by atoms with Gasteiger partial charge in [0, 0.05) is 13.1 Å². The van der Waals surface area contributed by atoms with Crippen molar-refractivity contribution in [3.63, 3.8) is 0 Å². The van der Waals surface area contributed by atoms with Crippen molar-refractivity contribution in [1.82, 2.24) is 4.31 Å². The van der Waals surface area contributed by atoms with Crippen LogP contribution in [0.15, 0.2) is 29.2 Å². The largest absolute Gasteiger partial charge is 0.465 e. The van der Waals surface area contributed by atoms with Crippen LogP contribution in [0.3, 0.4) is 0 Å². The van der Waals surface area contributed by atoms with E-state index >= 15 is 0 Å². The maximum absolute atomic E-state index is 12.7. The van der Waals surface area contributed by atoms with E-state index in [0.717, 1.165) is 0 Å². The van der Waals surface area contributed by atoms with Crippen LogP contribution in [0, 0.1) is 5.92 Å². The molecule has 0 unspecified atom stereocenters. The summed E-state index contributed by atoms with van der Waals surface area (Å²) < 4.78 is 56.0. The smallest absolute Gasteiger partial charge is 0.337 e. The summed E-state index contributed by atoms with van der Waals surface area (Å²) in [4.78, 5) is 11.5. The van der Waals surface area contributed by atoms with Gasteiger partial charge < -0.3 is 4.74 Å². The van der Waals surface area contributed by atoms with Crippen molar-refractivity contribution < 1.29 is 26.4 Å². The van der Waals surface area contributed by atoms with Crippen molar-refractivity contribution in [2.45, 2.75) is 36.8 Å². The molecule has 0 spiro atoms. The van der Waals surface area contributed by atoms with Crippen molar-refractivity contribution in [1.29, 1.82) is 0 Å². The summed E-state index contributed by atoms with van der Waals surface area (Å²) in [5.74, 6) is -0.362. The molecule has 1 aliphatic heterocycles. The van der Waals surface area contributed by atoms with E-state index in [1.54, 1.807) is 0 Å². The Labute approximate surface area is 155 Å². The number of sulfone groups is 1. The molecule has 26 heavy (non-hydrogen) atoms. The van der Waals surface area contributed by atoms with Gasteiger partial charge in [-0.1, -0.05) is 13.8 Å². The minimum Gasteiger partial charge on any atom is -0.465 e. The number of benzene rings is 1. The van der Waals surface area contributed by atoms with E-state index in [1.807, 2.05) is 13.8 Å². The SMILES string of the molecule is COC(=O)c1ccc(S(=O)(=O)N2CCC(S(=O)(=O)CC(C)C)CC2)cc1. The van der Waals surface area contributed by atoms with E-state index < -0.39 is 31.1 Å². The third-order valence-corrected chi connectivity index (χ3v) is 8.92. The van der Waals surface area contributed by atoms with Gasteiger partial charge in [0.1, 0.15) is 0 Å². The molecule has 1 aromatic carbocycles. The molecule has 0 aromatic heterocycles. The molecule has 7 nitrogen and oxygen atoms in total. The Balaban J connectivity index is 2.09. The summed E-state index contributed by atoms with van der Waals surface area (Å²) in [7, 11) is -5.67. The number of carbonyl (C=O) groups excluding carboxylic acids is 1. The van der Waals surface area contributed by atoms with E-state index in [0.29, 0.717) is 12.8 Å². The Bertz CT molecular complexity index is 836. The lowest BCUT2D eigenvalue weighted by Gasteiger charge is -2.31. The van der Waals surface area contributed by atoms with E-state index in [9.17, 15) is 21.6 Å². The Morgan fingerprint density at radius 2 is 1.65 bits per heavy atom. The molecular weight excluding hydrogens is 378 g/mol. The summed E-state index contributed by atoms with van der Waals surface area (Å²) in [6.07, 6.45) is 0.600. The predicted octanol–water partition coefficient (Wildman–Crippen LogP) is 1.70. The highest BCUT2D eigenvalue weighted by molar-refractivity contribution is 7.92. The fourth-order valence-electron chi connectivity index (χ4n) is 3.06. The molecule has 0 N–H and O–H groups in total. The number of piperidine rings is 1. The Hall–Kier alpha value is -1.45. The van der Waals surface area contributed by atoms with E-state index in [-0.39, 0.29) is 35.2 Å². The van der Waals surface area contributed by atoms with Gasteiger partial charge in [0.15, 0.2) is 9.84 Å². The second-order valence-electron chi connectivity index (χ2n) is 6.84. The van der Waals surface area contributed by atoms with Gasteiger partial charge in [0.25, 0.3) is 0 Å². The first-order chi connectivity index (χ1) is 12.1. The quantitative estimate of drug-likeness (QED) is 0.671. The minimum absolute atomic E-state index is 0.0510. The van der Waals surface area contributed by atoms with Gasteiger partial charge in [0.05, 0.1) is 28.6 Å². The van der Waals surface area contributed by atoms with Crippen LogP contribution >= 0.6 is 0 Å². The van der Waals surface area contributed by atoms with Gasteiger partial charge >= 0.3 is 5.97 Å². The minimum atomic E-state index is -3.72. The molecule has 0 atom stereocenters. The highest BCUT2D eigenvalue weighted by Crippen LogP contribution is 2.25. The van der Waals surface area contributed by atoms with Crippen molar-refractivity contribution >= 4 is 25.8 Å². The molecule has 9 heteroatoms. The normalized spacial score (nSPS) is 17.4. The molecule has 0 saturated carbocycles. The number of sulfonamides is 1. The lowest BCUT2D eigenvalue weighted by Crippen LogP contribution is -2.43. The number of hydrogen-bond acceptors (Lipinski definition) is 6. The van der Waals surface area contributed by atoms with Crippen molar-refractivity contribution in [3.8, 4) is 0 Å². The standard InChI is InChI=1S/C17H25NO6S2/c1-13(2)12-25(20,21)15-8-10-18(11-9-15)26(22,23)16-6-4-14(5-7-16)17(19)24-3/h4-7,13,15H,8-12H2,1-3H3.